The van der Waals surface area contributed by atoms with Crippen LogP contribution in [0.5, 0.6) is 0 Å². The van der Waals surface area contributed by atoms with Gasteiger partial charge in [-0.1, -0.05) is 12.1 Å². The maximum Gasteiger partial charge on any atom is 0.234 e. The summed E-state index contributed by atoms with van der Waals surface area (Å²) in [6.07, 6.45) is 0. The number of hydrogen-bond acceptors (Lipinski definition) is 3. The first-order valence-electron chi connectivity index (χ1n) is 5.15. The Bertz CT molecular complexity index is 342. The van der Waals surface area contributed by atoms with Crippen molar-refractivity contribution >= 4 is 23.4 Å². The lowest BCUT2D eigenvalue weighted by Crippen LogP contribution is -2.14. The summed E-state index contributed by atoms with van der Waals surface area (Å²) in [4.78, 5) is 11.5. The molecule has 0 aliphatic rings. The van der Waals surface area contributed by atoms with Gasteiger partial charge in [0.15, 0.2) is 0 Å². The van der Waals surface area contributed by atoms with Crippen LogP contribution in [-0.4, -0.2) is 31.1 Å². The summed E-state index contributed by atoms with van der Waals surface area (Å²) in [5, 5.41) is 2.86. The van der Waals surface area contributed by atoms with Crippen LogP contribution >= 0.6 is 11.8 Å². The van der Waals surface area contributed by atoms with Gasteiger partial charge < -0.3 is 10.1 Å². The van der Waals surface area contributed by atoms with Gasteiger partial charge in [-0.15, -0.1) is 11.8 Å². The molecule has 3 nitrogen and oxygen atoms in total. The van der Waals surface area contributed by atoms with Crippen molar-refractivity contribution in [3.05, 3.63) is 29.8 Å². The number of aryl methyl sites for hydroxylation is 1. The number of thioether (sulfide) groups is 1. The molecule has 0 radical (unpaired) electrons. The van der Waals surface area contributed by atoms with E-state index in [2.05, 4.69) is 5.32 Å². The van der Waals surface area contributed by atoms with E-state index in [1.165, 1.54) is 0 Å². The minimum Gasteiger partial charge on any atom is -0.384 e. The number of anilines is 1. The van der Waals surface area contributed by atoms with E-state index in [0.29, 0.717) is 12.4 Å². The van der Waals surface area contributed by atoms with E-state index in [-0.39, 0.29) is 5.91 Å². The zero-order valence-electron chi connectivity index (χ0n) is 9.66. The van der Waals surface area contributed by atoms with Crippen molar-refractivity contribution in [3.8, 4) is 0 Å². The van der Waals surface area contributed by atoms with Crippen LogP contribution in [0.4, 0.5) is 5.69 Å². The average Bonchev–Trinajstić information content (AvgIpc) is 2.24. The van der Waals surface area contributed by atoms with E-state index in [9.17, 15) is 4.79 Å². The summed E-state index contributed by atoms with van der Waals surface area (Å²) in [5.74, 6) is 1.35. The minimum absolute atomic E-state index is 0.0340. The maximum absolute atomic E-state index is 11.5. The lowest BCUT2D eigenvalue weighted by atomic mass is 10.2. The molecule has 0 bridgehead atoms. The second-order valence-electron chi connectivity index (χ2n) is 3.46. The molecule has 1 aromatic rings. The monoisotopic (exact) mass is 239 g/mol. The number of methoxy groups -OCH3 is 1. The molecule has 0 atom stereocenters. The number of hydrogen-bond donors (Lipinski definition) is 1. The molecule has 0 spiro atoms. The van der Waals surface area contributed by atoms with Crippen LogP contribution in [0.1, 0.15) is 5.56 Å². The highest BCUT2D eigenvalue weighted by molar-refractivity contribution is 7.99. The van der Waals surface area contributed by atoms with Crippen LogP contribution in [0.25, 0.3) is 0 Å². The highest BCUT2D eigenvalue weighted by atomic mass is 32.2. The second kappa shape index (κ2) is 7.30. The predicted molar refractivity (Wildman–Crippen MR) is 69.0 cm³/mol. The van der Waals surface area contributed by atoms with E-state index in [4.69, 9.17) is 4.74 Å². The van der Waals surface area contributed by atoms with Crippen LogP contribution in [0, 0.1) is 6.92 Å². The van der Waals surface area contributed by atoms with Gasteiger partial charge in [-0.3, -0.25) is 4.79 Å². The van der Waals surface area contributed by atoms with Crippen molar-refractivity contribution in [1.82, 2.24) is 0 Å². The summed E-state index contributed by atoms with van der Waals surface area (Å²) in [6, 6.07) is 7.79. The van der Waals surface area contributed by atoms with Crippen molar-refractivity contribution in [2.75, 3.05) is 30.5 Å². The van der Waals surface area contributed by atoms with E-state index in [1.54, 1.807) is 18.9 Å². The number of amides is 1. The molecule has 1 N–H and O–H groups in total. The van der Waals surface area contributed by atoms with Gasteiger partial charge in [-0.05, 0) is 24.6 Å². The van der Waals surface area contributed by atoms with Gasteiger partial charge in [0.1, 0.15) is 0 Å². The fourth-order valence-corrected chi connectivity index (χ4v) is 1.91. The summed E-state index contributed by atoms with van der Waals surface area (Å²) >= 11 is 1.57. The molecular formula is C12H17NO2S. The van der Waals surface area contributed by atoms with Crippen LogP contribution in [0.15, 0.2) is 24.3 Å². The van der Waals surface area contributed by atoms with Crippen LogP contribution in [0.3, 0.4) is 0 Å². The Hall–Kier alpha value is -1.00. The molecule has 0 saturated heterocycles. The molecule has 0 heterocycles. The Balaban J connectivity index is 2.29. The largest absolute Gasteiger partial charge is 0.384 e. The first kappa shape index (κ1) is 13.1. The minimum atomic E-state index is 0.0340. The van der Waals surface area contributed by atoms with Gasteiger partial charge >= 0.3 is 0 Å². The molecule has 1 amide bonds. The summed E-state index contributed by atoms with van der Waals surface area (Å²) in [7, 11) is 1.66. The molecule has 1 aromatic carbocycles. The lowest BCUT2D eigenvalue weighted by Gasteiger charge is -2.05. The Morgan fingerprint density at radius 3 is 3.00 bits per heavy atom. The quantitative estimate of drug-likeness (QED) is 0.774. The third-order valence-electron chi connectivity index (χ3n) is 1.97. The van der Waals surface area contributed by atoms with Crippen LogP contribution in [0.2, 0.25) is 0 Å². The molecule has 0 saturated carbocycles. The van der Waals surface area contributed by atoms with Crippen LogP contribution < -0.4 is 5.32 Å². The highest BCUT2D eigenvalue weighted by Gasteiger charge is 2.02. The molecule has 0 aliphatic heterocycles. The van der Waals surface area contributed by atoms with Crippen LogP contribution in [-0.2, 0) is 9.53 Å². The van der Waals surface area contributed by atoms with E-state index < -0.39 is 0 Å². The fourth-order valence-electron chi connectivity index (χ4n) is 1.23. The Kier molecular flexibility index (Phi) is 5.96. The average molecular weight is 239 g/mol. The molecule has 16 heavy (non-hydrogen) atoms. The van der Waals surface area contributed by atoms with Gasteiger partial charge in [0.25, 0.3) is 0 Å². The number of benzene rings is 1. The zero-order chi connectivity index (χ0) is 11.8. The molecule has 4 heteroatoms. The zero-order valence-corrected chi connectivity index (χ0v) is 10.5. The lowest BCUT2D eigenvalue weighted by molar-refractivity contribution is -0.113. The van der Waals surface area contributed by atoms with Crippen molar-refractivity contribution in [2.24, 2.45) is 0 Å². The molecule has 0 aliphatic carbocycles. The standard InChI is InChI=1S/C12H17NO2S/c1-10-4-3-5-11(8-10)13-12(14)9-16-7-6-15-2/h3-5,8H,6-7,9H2,1-2H3,(H,13,14). The van der Waals surface area contributed by atoms with Gasteiger partial charge in [0, 0.05) is 18.6 Å². The molecule has 0 aromatic heterocycles. The maximum atomic E-state index is 11.5. The molecular weight excluding hydrogens is 222 g/mol. The number of nitrogens with one attached hydrogen (secondary N) is 1. The van der Waals surface area contributed by atoms with Gasteiger partial charge in [-0.25, -0.2) is 0 Å². The van der Waals surface area contributed by atoms with E-state index in [0.717, 1.165) is 17.0 Å². The molecule has 1 rings (SSSR count). The molecule has 0 fully saturated rings. The predicted octanol–water partition coefficient (Wildman–Crippen LogP) is 2.31. The number of rotatable bonds is 6. The number of carbonyl (C=O) groups is 1. The molecule has 0 unspecified atom stereocenters. The van der Waals surface area contributed by atoms with Gasteiger partial charge in [-0.2, -0.15) is 0 Å². The number of ether oxygens (including phenoxy) is 1. The van der Waals surface area contributed by atoms with Crippen molar-refractivity contribution in [2.45, 2.75) is 6.92 Å². The summed E-state index contributed by atoms with van der Waals surface area (Å²) in [6.45, 7) is 2.69. The summed E-state index contributed by atoms with van der Waals surface area (Å²) < 4.78 is 4.91. The van der Waals surface area contributed by atoms with Crippen molar-refractivity contribution < 1.29 is 9.53 Å². The fraction of sp³-hybridized carbons (Fsp3) is 0.417. The Labute approximate surface area is 101 Å². The Morgan fingerprint density at radius 1 is 1.50 bits per heavy atom. The second-order valence-corrected chi connectivity index (χ2v) is 4.57. The first-order valence-corrected chi connectivity index (χ1v) is 6.31. The smallest absolute Gasteiger partial charge is 0.234 e. The normalized spacial score (nSPS) is 10.1. The number of carbonyl (C=O) groups excluding carboxylic acids is 1. The summed E-state index contributed by atoms with van der Waals surface area (Å²) in [5.41, 5.74) is 2.00. The third-order valence-corrected chi connectivity index (χ3v) is 2.89. The first-order chi connectivity index (χ1) is 7.72. The van der Waals surface area contributed by atoms with Crippen molar-refractivity contribution in [3.63, 3.8) is 0 Å². The van der Waals surface area contributed by atoms with Crippen molar-refractivity contribution in [1.29, 1.82) is 0 Å². The van der Waals surface area contributed by atoms with Gasteiger partial charge in [0.05, 0.1) is 12.4 Å². The van der Waals surface area contributed by atoms with Gasteiger partial charge in [0.2, 0.25) is 5.91 Å². The van der Waals surface area contributed by atoms with E-state index in [1.807, 2.05) is 31.2 Å². The van der Waals surface area contributed by atoms with E-state index >= 15 is 0 Å². The Morgan fingerprint density at radius 2 is 2.31 bits per heavy atom. The topological polar surface area (TPSA) is 38.3 Å². The third kappa shape index (κ3) is 5.19. The SMILES string of the molecule is COCCSCC(=O)Nc1cccc(C)c1. The highest BCUT2D eigenvalue weighted by Crippen LogP contribution is 2.10. The molecule has 88 valence electrons.